The van der Waals surface area contributed by atoms with E-state index in [1.54, 1.807) is 20.8 Å². The molecule has 0 aromatic rings. The van der Waals surface area contributed by atoms with Crippen molar-refractivity contribution < 1.29 is 17.9 Å². The van der Waals surface area contributed by atoms with E-state index in [4.69, 9.17) is 4.74 Å². The molecule has 1 fully saturated rings. The summed E-state index contributed by atoms with van der Waals surface area (Å²) < 4.78 is 29.3. The van der Waals surface area contributed by atoms with Crippen molar-refractivity contribution in [1.82, 2.24) is 5.32 Å². The Morgan fingerprint density at radius 1 is 1.35 bits per heavy atom. The molecule has 0 aromatic carbocycles. The number of nitrogens with one attached hydrogen (secondary N) is 1. The van der Waals surface area contributed by atoms with Crippen molar-refractivity contribution >= 4 is 15.8 Å². The van der Waals surface area contributed by atoms with Crippen molar-refractivity contribution in [2.45, 2.75) is 58.6 Å². The molecule has 0 aromatic heterocycles. The summed E-state index contributed by atoms with van der Waals surface area (Å²) >= 11 is 0. The Morgan fingerprint density at radius 3 is 2.40 bits per heavy atom. The lowest BCUT2D eigenvalue weighted by atomic mass is 10.2. The molecule has 0 amide bonds. The molecular formula is C14H27NO4S. The van der Waals surface area contributed by atoms with E-state index in [0.29, 0.717) is 5.92 Å². The Bertz CT molecular complexity index is 421. The molecule has 1 aliphatic rings. The van der Waals surface area contributed by atoms with E-state index in [1.807, 2.05) is 6.92 Å². The van der Waals surface area contributed by atoms with Crippen LogP contribution in [-0.2, 0) is 19.4 Å². The predicted molar refractivity (Wildman–Crippen MR) is 79.3 cm³/mol. The molecule has 0 aliphatic heterocycles. The minimum atomic E-state index is -3.42. The van der Waals surface area contributed by atoms with Crippen LogP contribution in [0, 0.1) is 5.92 Å². The van der Waals surface area contributed by atoms with Crippen LogP contribution in [0.4, 0.5) is 0 Å². The summed E-state index contributed by atoms with van der Waals surface area (Å²) in [7, 11) is -3.42. The normalized spacial score (nSPS) is 17.8. The highest BCUT2D eigenvalue weighted by atomic mass is 32.2. The van der Waals surface area contributed by atoms with Crippen molar-refractivity contribution in [3.05, 3.63) is 0 Å². The fourth-order valence-electron chi connectivity index (χ4n) is 2.07. The van der Waals surface area contributed by atoms with Crippen molar-refractivity contribution in [1.29, 1.82) is 0 Å². The SMILES string of the molecule is CCCNC(CS(=O)(=O)CC(=O)OC(C)(C)C)C1CC1. The maximum Gasteiger partial charge on any atom is 0.321 e. The van der Waals surface area contributed by atoms with Crippen LogP contribution in [0.15, 0.2) is 0 Å². The Kier molecular flexibility index (Phi) is 6.01. The van der Waals surface area contributed by atoms with Gasteiger partial charge < -0.3 is 10.1 Å². The van der Waals surface area contributed by atoms with Crippen molar-refractivity contribution in [3.8, 4) is 0 Å². The summed E-state index contributed by atoms with van der Waals surface area (Å²) in [5.74, 6) is -0.726. The second-order valence-electron chi connectivity index (χ2n) is 6.54. The second kappa shape index (κ2) is 6.89. The van der Waals surface area contributed by atoms with Gasteiger partial charge in [-0.1, -0.05) is 6.92 Å². The van der Waals surface area contributed by atoms with Crippen molar-refractivity contribution in [3.63, 3.8) is 0 Å². The molecular weight excluding hydrogens is 278 g/mol. The highest BCUT2D eigenvalue weighted by Crippen LogP contribution is 2.33. The zero-order chi connectivity index (χ0) is 15.4. The number of carbonyl (C=O) groups excluding carboxylic acids is 1. The summed E-state index contributed by atoms with van der Waals surface area (Å²) in [5.41, 5.74) is -0.650. The van der Waals surface area contributed by atoms with E-state index in [2.05, 4.69) is 5.32 Å². The predicted octanol–water partition coefficient (Wildman–Crippen LogP) is 1.52. The monoisotopic (exact) mass is 305 g/mol. The first-order chi connectivity index (χ1) is 9.13. The van der Waals surface area contributed by atoms with Crippen LogP contribution in [0.1, 0.15) is 47.0 Å². The van der Waals surface area contributed by atoms with Gasteiger partial charge in [-0.25, -0.2) is 8.42 Å². The molecule has 1 rings (SSSR count). The van der Waals surface area contributed by atoms with Gasteiger partial charge in [0.25, 0.3) is 0 Å². The van der Waals surface area contributed by atoms with Crippen LogP contribution in [0.2, 0.25) is 0 Å². The minimum absolute atomic E-state index is 0.0247. The molecule has 6 heteroatoms. The smallest absolute Gasteiger partial charge is 0.321 e. The summed E-state index contributed by atoms with van der Waals surface area (Å²) in [5, 5.41) is 3.28. The Balaban J connectivity index is 2.52. The van der Waals surface area contributed by atoms with Gasteiger partial charge in [0, 0.05) is 6.04 Å². The topological polar surface area (TPSA) is 72.5 Å². The number of sulfone groups is 1. The first kappa shape index (κ1) is 17.4. The zero-order valence-electron chi connectivity index (χ0n) is 12.9. The van der Waals surface area contributed by atoms with Gasteiger partial charge in [-0.3, -0.25) is 4.79 Å². The molecule has 0 radical (unpaired) electrons. The lowest BCUT2D eigenvalue weighted by Crippen LogP contribution is -2.40. The molecule has 1 aliphatic carbocycles. The first-order valence-electron chi connectivity index (χ1n) is 7.28. The van der Waals surface area contributed by atoms with Crippen LogP contribution in [0.25, 0.3) is 0 Å². The van der Waals surface area contributed by atoms with Gasteiger partial charge in [0.05, 0.1) is 5.75 Å². The molecule has 0 heterocycles. The Labute approximate surface area is 122 Å². The molecule has 1 unspecified atom stereocenters. The van der Waals surface area contributed by atoms with E-state index in [9.17, 15) is 13.2 Å². The molecule has 0 saturated heterocycles. The number of carbonyl (C=O) groups is 1. The Morgan fingerprint density at radius 2 is 1.95 bits per heavy atom. The van der Waals surface area contributed by atoms with Gasteiger partial charge in [-0.2, -0.15) is 0 Å². The van der Waals surface area contributed by atoms with E-state index in [1.165, 1.54) is 0 Å². The van der Waals surface area contributed by atoms with Gasteiger partial charge in [0.15, 0.2) is 9.84 Å². The third-order valence-electron chi connectivity index (χ3n) is 3.04. The molecule has 20 heavy (non-hydrogen) atoms. The van der Waals surface area contributed by atoms with Crippen LogP contribution in [0.3, 0.4) is 0 Å². The molecule has 5 nitrogen and oxygen atoms in total. The largest absolute Gasteiger partial charge is 0.459 e. The van der Waals surface area contributed by atoms with E-state index in [0.717, 1.165) is 25.8 Å². The van der Waals surface area contributed by atoms with Crippen LogP contribution in [0.5, 0.6) is 0 Å². The van der Waals surface area contributed by atoms with Crippen LogP contribution >= 0.6 is 0 Å². The quantitative estimate of drug-likeness (QED) is 0.688. The van der Waals surface area contributed by atoms with Gasteiger partial charge in [0.2, 0.25) is 0 Å². The van der Waals surface area contributed by atoms with Gasteiger partial charge >= 0.3 is 5.97 Å². The molecule has 1 saturated carbocycles. The van der Waals surface area contributed by atoms with E-state index >= 15 is 0 Å². The summed E-state index contributed by atoms with van der Waals surface area (Å²) in [6.45, 7) is 8.04. The zero-order valence-corrected chi connectivity index (χ0v) is 13.8. The summed E-state index contributed by atoms with van der Waals surface area (Å²) in [4.78, 5) is 11.6. The number of rotatable bonds is 8. The van der Waals surface area contributed by atoms with E-state index in [-0.39, 0.29) is 11.8 Å². The van der Waals surface area contributed by atoms with Crippen LogP contribution in [-0.4, -0.2) is 44.1 Å². The number of hydrogen-bond acceptors (Lipinski definition) is 5. The highest BCUT2D eigenvalue weighted by molar-refractivity contribution is 7.92. The van der Waals surface area contributed by atoms with E-state index < -0.39 is 27.2 Å². The fourth-order valence-corrected chi connectivity index (χ4v) is 3.55. The number of ether oxygens (including phenoxy) is 1. The van der Waals surface area contributed by atoms with Crippen molar-refractivity contribution in [2.75, 3.05) is 18.1 Å². The van der Waals surface area contributed by atoms with Crippen LogP contribution < -0.4 is 5.32 Å². The molecule has 0 spiro atoms. The van der Waals surface area contributed by atoms with Crippen molar-refractivity contribution in [2.24, 2.45) is 5.92 Å². The maximum absolute atomic E-state index is 12.1. The lowest BCUT2D eigenvalue weighted by molar-refractivity contribution is -0.151. The number of hydrogen-bond donors (Lipinski definition) is 1. The average Bonchev–Trinajstić information content (AvgIpc) is 3.03. The van der Waals surface area contributed by atoms with Gasteiger partial charge in [0.1, 0.15) is 11.4 Å². The average molecular weight is 305 g/mol. The standard InChI is InChI=1S/C14H27NO4S/c1-5-8-15-12(11-6-7-11)9-20(17,18)10-13(16)19-14(2,3)4/h11-12,15H,5-10H2,1-4H3. The molecule has 118 valence electrons. The van der Waals surface area contributed by atoms with Gasteiger partial charge in [-0.15, -0.1) is 0 Å². The fraction of sp³-hybridized carbons (Fsp3) is 0.929. The third-order valence-corrected chi connectivity index (χ3v) is 4.58. The molecule has 1 atom stereocenters. The lowest BCUT2D eigenvalue weighted by Gasteiger charge is -2.21. The maximum atomic E-state index is 12.1. The highest BCUT2D eigenvalue weighted by Gasteiger charge is 2.35. The first-order valence-corrected chi connectivity index (χ1v) is 9.11. The van der Waals surface area contributed by atoms with Gasteiger partial charge in [-0.05, 0) is 52.5 Å². The Hall–Kier alpha value is -0.620. The summed E-state index contributed by atoms with van der Waals surface area (Å²) in [6.07, 6.45) is 3.11. The minimum Gasteiger partial charge on any atom is -0.459 e. The molecule has 0 bridgehead atoms. The number of esters is 1. The molecule has 1 N–H and O–H groups in total. The third kappa shape index (κ3) is 7.24. The summed E-state index contributed by atoms with van der Waals surface area (Å²) in [6, 6.07) is -0.0256. The second-order valence-corrected chi connectivity index (χ2v) is 8.65.